The van der Waals surface area contributed by atoms with Crippen molar-refractivity contribution in [1.82, 2.24) is 93.4 Å². The summed E-state index contributed by atoms with van der Waals surface area (Å²) in [5.74, 6) is -10.5. The van der Waals surface area contributed by atoms with Gasteiger partial charge in [-0.05, 0) is 139 Å². The Hall–Kier alpha value is -12.8. The van der Waals surface area contributed by atoms with Gasteiger partial charge < -0.3 is 91.0 Å². The molecule has 36 nitrogen and oxygen atoms in total. The topological polar surface area (TPSA) is 547 Å². The number of likely N-dealkylation sites (tertiary alicyclic amines) is 1. The van der Waals surface area contributed by atoms with Crippen molar-refractivity contribution in [1.29, 1.82) is 0 Å². The highest BCUT2D eigenvalue weighted by Crippen LogP contribution is 2.24. The standard InChI is InChI=1S/C81H102ClN23O13/c1-44(2)35-59(69(108)92-58(16-9-10-33-87-45(3)4)79(118)105-34-12-17-66(105)76(115)88-46(5)83)93-71(110)62(38-49-21-28-56(29-22-49)90-77(116)67-99-80(84)103-101-67)95-73(112)63(39-50-23-30-57(31-24-50)91-78(117)68-100-81(85)104-102-68)97-75(114)65(43-106)98-74(113)64(41-52-13-11-32-86-42-52)96-72(111)61(37-48-19-26-55(82)27-20-48)94-70(109)60(89-47(6)107)40-51-18-25-53-14-7-8-15-54(53)36-51/h7-8,11,13-15,18-32,36,42,44-46,58-66,87,106H,9-10,12,16-17,33-35,37-41,43,83H2,1-6H3,(H,88,115)(H,89,107)(H,90,116)(H,91,117)(H,92,108)(H,93,110)(H,94,109)(H,95,112)(H,96,111)(H,97,114)(H,98,113)(H3,84,99,101,103)(H3,85,100,102,104)/t46-,58+,59+,60-,61-,62-,63+,64-,65+,66+/m1/s1. The van der Waals surface area contributed by atoms with Crippen LogP contribution in [0.4, 0.5) is 23.3 Å². The summed E-state index contributed by atoms with van der Waals surface area (Å²) in [5.41, 5.74) is 20.1. The van der Waals surface area contributed by atoms with Crippen LogP contribution in [0.15, 0.2) is 140 Å². The largest absolute Gasteiger partial charge is 0.394 e. The molecule has 8 aromatic rings. The highest BCUT2D eigenvalue weighted by atomic mass is 35.5. The number of benzene rings is 5. The Morgan fingerprint density at radius 2 is 0.966 bits per heavy atom. The molecule has 37 heteroatoms. The van der Waals surface area contributed by atoms with E-state index < -0.39 is 144 Å². The first kappa shape index (κ1) is 89.1. The molecule has 10 atom stereocenters. The van der Waals surface area contributed by atoms with Crippen LogP contribution in [0.5, 0.6) is 0 Å². The van der Waals surface area contributed by atoms with Crippen LogP contribution in [0.25, 0.3) is 10.8 Å². The molecule has 4 heterocycles. The number of hydrogen-bond donors (Lipinski definition) is 18. The second kappa shape index (κ2) is 43.2. The van der Waals surface area contributed by atoms with Crippen LogP contribution < -0.4 is 81.0 Å². The molecule has 0 bridgehead atoms. The second-order valence-electron chi connectivity index (χ2n) is 29.7. The van der Waals surface area contributed by atoms with Gasteiger partial charge in [0.1, 0.15) is 54.4 Å². The number of nitrogens with two attached hydrogens (primary N) is 3. The lowest BCUT2D eigenvalue weighted by Gasteiger charge is -2.31. The third-order valence-electron chi connectivity index (χ3n) is 19.2. The summed E-state index contributed by atoms with van der Waals surface area (Å²) in [7, 11) is 0. The van der Waals surface area contributed by atoms with Crippen molar-refractivity contribution in [3.63, 3.8) is 0 Å². The number of rotatable bonds is 41. The smallest absolute Gasteiger partial charge is 0.295 e. The minimum Gasteiger partial charge on any atom is -0.394 e. The summed E-state index contributed by atoms with van der Waals surface area (Å²) in [4.78, 5) is 186. The van der Waals surface area contributed by atoms with Crippen molar-refractivity contribution >= 4 is 117 Å². The Morgan fingerprint density at radius 3 is 1.43 bits per heavy atom. The minimum atomic E-state index is -1.90. The van der Waals surface area contributed by atoms with E-state index in [0.29, 0.717) is 65.1 Å². The molecule has 0 saturated carbocycles. The Bertz CT molecular complexity index is 4800. The lowest BCUT2D eigenvalue weighted by atomic mass is 9.99. The number of nitrogens with one attached hydrogen (secondary N) is 14. The van der Waals surface area contributed by atoms with E-state index in [9.17, 15) is 33.9 Å². The van der Waals surface area contributed by atoms with E-state index in [0.717, 1.165) is 10.8 Å². The number of aliphatic hydroxyl groups excluding tert-OH is 1. The lowest BCUT2D eigenvalue weighted by molar-refractivity contribution is -0.142. The molecule has 3 aromatic heterocycles. The van der Waals surface area contributed by atoms with Crippen LogP contribution in [-0.2, 0) is 80.0 Å². The van der Waals surface area contributed by atoms with Gasteiger partial charge >= 0.3 is 0 Å². The number of carbonyl (C=O) groups is 12. The molecular weight excluding hydrogens is 1540 g/mol. The zero-order valence-corrected chi connectivity index (χ0v) is 67.0. The van der Waals surface area contributed by atoms with Gasteiger partial charge in [0.05, 0.1) is 12.8 Å². The molecule has 626 valence electrons. The van der Waals surface area contributed by atoms with Crippen molar-refractivity contribution < 1.29 is 62.6 Å². The summed E-state index contributed by atoms with van der Waals surface area (Å²) in [5, 5.41) is 59.0. The maximum absolute atomic E-state index is 15.5. The fourth-order valence-corrected chi connectivity index (χ4v) is 13.4. The van der Waals surface area contributed by atoms with Crippen molar-refractivity contribution in [2.45, 2.75) is 179 Å². The number of aliphatic hydroxyl groups is 1. The molecular formula is C81H102ClN23O13. The van der Waals surface area contributed by atoms with Crippen molar-refractivity contribution in [2.24, 2.45) is 11.7 Å². The Morgan fingerprint density at radius 1 is 0.517 bits per heavy atom. The van der Waals surface area contributed by atoms with E-state index in [1.54, 1.807) is 55.5 Å². The molecule has 118 heavy (non-hydrogen) atoms. The molecule has 1 saturated heterocycles. The molecule has 1 aliphatic rings. The number of fused-ring (bicyclic) bond motifs is 1. The molecule has 1 aliphatic heterocycles. The molecule has 9 rings (SSSR count). The molecule has 0 unspecified atom stereocenters. The van der Waals surface area contributed by atoms with Gasteiger partial charge in [-0.3, -0.25) is 62.5 Å². The van der Waals surface area contributed by atoms with E-state index in [4.69, 9.17) is 28.8 Å². The number of nitrogen functional groups attached to an aromatic ring is 2. The van der Waals surface area contributed by atoms with Crippen LogP contribution in [0.1, 0.15) is 129 Å². The zero-order valence-electron chi connectivity index (χ0n) is 66.2. The van der Waals surface area contributed by atoms with Crippen molar-refractivity contribution in [3.8, 4) is 0 Å². The van der Waals surface area contributed by atoms with Crippen LogP contribution in [0.2, 0.25) is 5.02 Å². The number of H-pyrrole nitrogens is 2. The van der Waals surface area contributed by atoms with Gasteiger partial charge in [-0.1, -0.05) is 124 Å². The minimum absolute atomic E-state index is 0.00215. The summed E-state index contributed by atoms with van der Waals surface area (Å²) in [6.07, 6.45) is 3.14. The number of hydrogen-bond acceptors (Lipinski definition) is 22. The van der Waals surface area contributed by atoms with Gasteiger partial charge in [0, 0.05) is 80.4 Å². The molecule has 0 aliphatic carbocycles. The first-order chi connectivity index (χ1) is 56.4. The van der Waals surface area contributed by atoms with Gasteiger partial charge in [-0.25, -0.2) is 10.2 Å². The molecule has 1 fully saturated rings. The van der Waals surface area contributed by atoms with Crippen molar-refractivity contribution in [2.75, 3.05) is 41.8 Å². The van der Waals surface area contributed by atoms with Crippen LogP contribution in [0, 0.1) is 5.92 Å². The maximum Gasteiger partial charge on any atom is 0.295 e. The number of pyridine rings is 1. The normalized spacial score (nSPS) is 14.8. The molecule has 12 amide bonds. The Kier molecular flexibility index (Phi) is 32.7. The fraction of sp³-hybridized carbons (Fsp3) is 0.395. The van der Waals surface area contributed by atoms with Gasteiger partial charge in [0.25, 0.3) is 11.8 Å². The van der Waals surface area contributed by atoms with Gasteiger partial charge in [-0.15, -0.1) is 10.2 Å². The second-order valence-corrected chi connectivity index (χ2v) is 30.1. The van der Waals surface area contributed by atoms with Crippen molar-refractivity contribution in [3.05, 3.63) is 184 Å². The number of anilines is 4. The number of aromatic nitrogens is 7. The average molecular weight is 1640 g/mol. The summed E-state index contributed by atoms with van der Waals surface area (Å²) < 4.78 is 0. The zero-order chi connectivity index (χ0) is 85.1. The number of carbonyl (C=O) groups excluding carboxylic acids is 12. The first-order valence-electron chi connectivity index (χ1n) is 38.8. The number of halogens is 1. The fourth-order valence-electron chi connectivity index (χ4n) is 13.3. The molecule has 0 spiro atoms. The number of amides is 12. The van der Waals surface area contributed by atoms with E-state index in [1.807, 2.05) is 70.2 Å². The molecule has 5 aromatic carbocycles. The average Bonchev–Trinajstić information content (AvgIpc) is 1.52. The summed E-state index contributed by atoms with van der Waals surface area (Å²) in [6.45, 7) is 10.2. The molecule has 0 radical (unpaired) electrons. The summed E-state index contributed by atoms with van der Waals surface area (Å²) in [6, 6.07) is 22.2. The van der Waals surface area contributed by atoms with E-state index in [-0.39, 0.29) is 91.9 Å². The highest BCUT2D eigenvalue weighted by molar-refractivity contribution is 6.30. The van der Waals surface area contributed by atoms with Crippen LogP contribution >= 0.6 is 11.6 Å². The van der Waals surface area contributed by atoms with Gasteiger partial charge in [0.2, 0.25) is 82.6 Å². The van der Waals surface area contributed by atoms with E-state index >= 15 is 28.8 Å². The van der Waals surface area contributed by atoms with Crippen LogP contribution in [-0.4, -0.2) is 203 Å². The third kappa shape index (κ3) is 27.2. The van der Waals surface area contributed by atoms with Gasteiger partial charge in [-0.2, -0.15) is 9.97 Å². The predicted octanol–water partition coefficient (Wildman–Crippen LogP) is 1.82. The SMILES string of the molecule is CC(=O)N[C@H](Cc1ccc2ccccc2c1)C(=O)N[C@H](Cc1ccc(Cl)cc1)C(=O)N[C@H](Cc1cccnc1)C(=O)N[C@@H](CO)C(=O)N[C@@H](Cc1ccc(NC(=O)c2n[nH]c(N)n2)cc1)C(=O)N[C@H](Cc1ccc(NC(=O)c2n[nH]c(N)n2)cc1)C(=O)N[C@@H](CC(C)C)C(=O)N[C@@H](CCCCNC(C)C)C(=O)N1CCC[C@H]1C(=O)N[C@H](C)N. The van der Waals surface area contributed by atoms with Crippen LogP contribution in [0.3, 0.4) is 0 Å². The maximum atomic E-state index is 15.5. The van der Waals surface area contributed by atoms with Gasteiger partial charge in [0.15, 0.2) is 0 Å². The van der Waals surface area contributed by atoms with E-state index in [1.165, 1.54) is 60.6 Å². The Labute approximate surface area is 685 Å². The number of unbranched alkanes of at least 4 members (excludes halogenated alkanes) is 1. The number of aromatic amines is 2. The highest BCUT2D eigenvalue weighted by Gasteiger charge is 2.40. The number of nitrogens with zero attached hydrogens (tertiary/aromatic N) is 6. The lowest BCUT2D eigenvalue weighted by Crippen LogP contribution is -2.62. The first-order valence-corrected chi connectivity index (χ1v) is 39.2. The molecule has 21 N–H and O–H groups in total. The Balaban J connectivity index is 1.02. The third-order valence-corrected chi connectivity index (χ3v) is 19.4. The monoisotopic (exact) mass is 1640 g/mol. The van der Waals surface area contributed by atoms with E-state index in [2.05, 4.69) is 99.1 Å². The summed E-state index contributed by atoms with van der Waals surface area (Å²) >= 11 is 6.28. The predicted molar refractivity (Wildman–Crippen MR) is 440 cm³/mol. The quantitative estimate of drug-likeness (QED) is 0.0192.